The van der Waals surface area contributed by atoms with Crippen LogP contribution in [0.15, 0.2) is 52.0 Å². The monoisotopic (exact) mass is 382 g/mol. The zero-order chi connectivity index (χ0) is 15.0. The molecule has 21 heavy (non-hydrogen) atoms. The predicted molar refractivity (Wildman–Crippen MR) is 89.3 cm³/mol. The number of halogens is 3. The van der Waals surface area contributed by atoms with Gasteiger partial charge in [-0.2, -0.15) is 0 Å². The average Bonchev–Trinajstić information content (AvgIpc) is 2.45. The van der Waals surface area contributed by atoms with E-state index in [1.807, 2.05) is 12.1 Å². The van der Waals surface area contributed by atoms with Crippen LogP contribution in [0, 0.1) is 0 Å². The molecule has 3 aromatic rings. The van der Waals surface area contributed by atoms with E-state index in [0.717, 1.165) is 10.0 Å². The molecule has 0 fully saturated rings. The van der Waals surface area contributed by atoms with Crippen molar-refractivity contribution < 1.29 is 0 Å². The fourth-order valence-electron chi connectivity index (χ4n) is 2.08. The van der Waals surface area contributed by atoms with Gasteiger partial charge in [0, 0.05) is 14.5 Å². The average molecular weight is 384 g/mol. The van der Waals surface area contributed by atoms with Crippen LogP contribution < -0.4 is 5.56 Å². The van der Waals surface area contributed by atoms with E-state index < -0.39 is 0 Å². The lowest BCUT2D eigenvalue weighted by molar-refractivity contribution is 0.748. The first-order valence-corrected chi connectivity index (χ1v) is 7.68. The summed E-state index contributed by atoms with van der Waals surface area (Å²) in [6, 6.07) is 10.6. The van der Waals surface area contributed by atoms with Gasteiger partial charge in [0.05, 0.1) is 23.8 Å². The van der Waals surface area contributed by atoms with Crippen molar-refractivity contribution in [3.63, 3.8) is 0 Å². The van der Waals surface area contributed by atoms with Gasteiger partial charge in [-0.25, -0.2) is 4.98 Å². The molecule has 0 aliphatic carbocycles. The number of hydrogen-bond donors (Lipinski definition) is 0. The second-order valence-corrected chi connectivity index (χ2v) is 6.33. The smallest absolute Gasteiger partial charge is 0.261 e. The van der Waals surface area contributed by atoms with Gasteiger partial charge < -0.3 is 0 Å². The number of benzene rings is 2. The summed E-state index contributed by atoms with van der Waals surface area (Å²) in [4.78, 5) is 16.8. The SMILES string of the molecule is O=c1c2cc(Br)ccc2ncn1Cc1ccc(Cl)cc1Cl. The van der Waals surface area contributed by atoms with Crippen molar-refractivity contribution in [3.05, 3.63) is 73.2 Å². The summed E-state index contributed by atoms with van der Waals surface area (Å²) in [6.07, 6.45) is 1.53. The van der Waals surface area contributed by atoms with Gasteiger partial charge in [0.2, 0.25) is 0 Å². The van der Waals surface area contributed by atoms with E-state index in [2.05, 4.69) is 20.9 Å². The lowest BCUT2D eigenvalue weighted by Gasteiger charge is -2.08. The van der Waals surface area contributed by atoms with Gasteiger partial charge >= 0.3 is 0 Å². The third-order valence-electron chi connectivity index (χ3n) is 3.14. The zero-order valence-corrected chi connectivity index (χ0v) is 13.8. The molecule has 0 atom stereocenters. The second-order valence-electron chi connectivity index (χ2n) is 4.57. The van der Waals surface area contributed by atoms with E-state index in [4.69, 9.17) is 23.2 Å². The maximum Gasteiger partial charge on any atom is 0.261 e. The topological polar surface area (TPSA) is 34.9 Å². The lowest BCUT2D eigenvalue weighted by Crippen LogP contribution is -2.21. The summed E-state index contributed by atoms with van der Waals surface area (Å²) < 4.78 is 2.38. The third kappa shape index (κ3) is 2.98. The molecule has 0 aliphatic rings. The molecule has 3 rings (SSSR count). The molecule has 3 nitrogen and oxygen atoms in total. The molecule has 106 valence electrons. The molecule has 0 spiro atoms. The summed E-state index contributed by atoms with van der Waals surface area (Å²) in [5, 5.41) is 1.66. The lowest BCUT2D eigenvalue weighted by atomic mass is 10.2. The minimum absolute atomic E-state index is 0.104. The van der Waals surface area contributed by atoms with E-state index in [0.29, 0.717) is 27.5 Å². The van der Waals surface area contributed by atoms with Crippen LogP contribution in [0.3, 0.4) is 0 Å². The Labute approximate surface area is 139 Å². The zero-order valence-electron chi connectivity index (χ0n) is 10.7. The summed E-state index contributed by atoms with van der Waals surface area (Å²) in [5.41, 5.74) is 1.38. The largest absolute Gasteiger partial charge is 0.294 e. The van der Waals surface area contributed by atoms with E-state index >= 15 is 0 Å². The van der Waals surface area contributed by atoms with Crippen molar-refractivity contribution in [1.29, 1.82) is 0 Å². The Bertz CT molecular complexity index is 892. The number of hydrogen-bond acceptors (Lipinski definition) is 2. The molecule has 0 radical (unpaired) electrons. The van der Waals surface area contributed by atoms with Crippen molar-refractivity contribution in [1.82, 2.24) is 9.55 Å². The van der Waals surface area contributed by atoms with Crippen LogP contribution in [-0.2, 0) is 6.54 Å². The Hall–Kier alpha value is -1.36. The molecular weight excluding hydrogens is 375 g/mol. The second kappa shape index (κ2) is 5.79. The first-order chi connectivity index (χ1) is 10.0. The summed E-state index contributed by atoms with van der Waals surface area (Å²) in [7, 11) is 0. The molecule has 6 heteroatoms. The third-order valence-corrected chi connectivity index (χ3v) is 4.22. The van der Waals surface area contributed by atoms with Gasteiger partial charge in [-0.3, -0.25) is 9.36 Å². The van der Waals surface area contributed by atoms with Gasteiger partial charge in [-0.1, -0.05) is 45.2 Å². The highest BCUT2D eigenvalue weighted by atomic mass is 79.9. The number of aromatic nitrogens is 2. The van der Waals surface area contributed by atoms with Crippen LogP contribution in [-0.4, -0.2) is 9.55 Å². The van der Waals surface area contributed by atoms with Crippen LogP contribution in [0.5, 0.6) is 0 Å². The normalized spacial score (nSPS) is 11.0. The van der Waals surface area contributed by atoms with Crippen molar-refractivity contribution in [2.45, 2.75) is 6.54 Å². The van der Waals surface area contributed by atoms with Gasteiger partial charge in [-0.05, 0) is 35.9 Å². The number of nitrogens with zero attached hydrogens (tertiary/aromatic N) is 2. The first kappa shape index (κ1) is 14.6. The van der Waals surface area contributed by atoms with Crippen molar-refractivity contribution in [2.75, 3.05) is 0 Å². The Balaban J connectivity index is 2.09. The first-order valence-electron chi connectivity index (χ1n) is 6.13. The number of fused-ring (bicyclic) bond motifs is 1. The van der Waals surface area contributed by atoms with Gasteiger partial charge in [0.15, 0.2) is 0 Å². The van der Waals surface area contributed by atoms with Crippen molar-refractivity contribution in [2.24, 2.45) is 0 Å². The standard InChI is InChI=1S/C15H9BrCl2N2O/c16-10-2-4-14-12(5-10)15(21)20(8-19-14)7-9-1-3-11(17)6-13(9)18/h1-6,8H,7H2. The molecule has 2 aromatic carbocycles. The van der Waals surface area contributed by atoms with Crippen LogP contribution >= 0.6 is 39.1 Å². The minimum Gasteiger partial charge on any atom is -0.294 e. The molecule has 1 heterocycles. The van der Waals surface area contributed by atoms with E-state index in [1.54, 1.807) is 24.3 Å². The highest BCUT2D eigenvalue weighted by Gasteiger charge is 2.07. The van der Waals surface area contributed by atoms with E-state index in [9.17, 15) is 4.79 Å². The molecule has 0 aliphatic heterocycles. The Morgan fingerprint density at radius 2 is 1.95 bits per heavy atom. The molecule has 0 saturated carbocycles. The Kier molecular flexibility index (Phi) is 4.02. The van der Waals surface area contributed by atoms with Gasteiger partial charge in [0.1, 0.15) is 0 Å². The number of rotatable bonds is 2. The van der Waals surface area contributed by atoms with Crippen LogP contribution in [0.4, 0.5) is 0 Å². The van der Waals surface area contributed by atoms with Gasteiger partial charge in [0.25, 0.3) is 5.56 Å². The van der Waals surface area contributed by atoms with Gasteiger partial charge in [-0.15, -0.1) is 0 Å². The highest BCUT2D eigenvalue weighted by molar-refractivity contribution is 9.10. The fourth-order valence-corrected chi connectivity index (χ4v) is 2.91. The van der Waals surface area contributed by atoms with E-state index in [-0.39, 0.29) is 5.56 Å². The molecule has 1 aromatic heterocycles. The van der Waals surface area contributed by atoms with Crippen LogP contribution in [0.2, 0.25) is 10.0 Å². The molecule has 0 amide bonds. The molecule has 0 N–H and O–H groups in total. The molecule has 0 unspecified atom stereocenters. The summed E-state index contributed by atoms with van der Waals surface area (Å²) in [5.74, 6) is 0. The summed E-state index contributed by atoms with van der Waals surface area (Å²) in [6.45, 7) is 0.351. The fraction of sp³-hybridized carbons (Fsp3) is 0.0667. The Morgan fingerprint density at radius 3 is 2.71 bits per heavy atom. The molecule has 0 bridgehead atoms. The maximum absolute atomic E-state index is 12.5. The molecule has 0 saturated heterocycles. The Morgan fingerprint density at radius 1 is 1.14 bits per heavy atom. The van der Waals surface area contributed by atoms with Crippen LogP contribution in [0.25, 0.3) is 10.9 Å². The van der Waals surface area contributed by atoms with E-state index in [1.165, 1.54) is 10.9 Å². The minimum atomic E-state index is -0.104. The van der Waals surface area contributed by atoms with Crippen molar-refractivity contribution in [3.8, 4) is 0 Å². The summed E-state index contributed by atoms with van der Waals surface area (Å²) >= 11 is 15.4. The van der Waals surface area contributed by atoms with Crippen LogP contribution in [0.1, 0.15) is 5.56 Å². The molecular formula is C15H9BrCl2N2O. The van der Waals surface area contributed by atoms with Crippen molar-refractivity contribution >= 4 is 50.0 Å². The quantitative estimate of drug-likeness (QED) is 0.652. The highest BCUT2D eigenvalue weighted by Crippen LogP contribution is 2.21. The maximum atomic E-state index is 12.5. The predicted octanol–water partition coefficient (Wildman–Crippen LogP) is 4.51.